The van der Waals surface area contributed by atoms with Gasteiger partial charge < -0.3 is 13.9 Å². The molecule has 0 radical (unpaired) electrons. The van der Waals surface area contributed by atoms with E-state index in [9.17, 15) is 13.2 Å². The molecule has 1 aliphatic rings. The Balaban J connectivity index is 1.55. The number of alkyl halides is 3. The Bertz CT molecular complexity index is 1360. The smallest absolute Gasteiger partial charge is 0.416 e. The minimum Gasteiger partial charge on any atom is -0.479 e. The van der Waals surface area contributed by atoms with Gasteiger partial charge in [0.2, 0.25) is 5.88 Å². The zero-order chi connectivity index (χ0) is 24.0. The van der Waals surface area contributed by atoms with E-state index < -0.39 is 17.7 Å². The second-order valence-corrected chi connectivity index (χ2v) is 8.69. The maximum Gasteiger partial charge on any atom is 0.416 e. The zero-order valence-corrected chi connectivity index (χ0v) is 19.2. The SMILES string of the molecule is COc1nc(-c2cn3c(n2)C(c2ccc(Cl)cc2C(F)(F)F)CCC3)ccc1-n1cnc(C)c1. The van der Waals surface area contributed by atoms with Crippen LogP contribution in [-0.2, 0) is 12.7 Å². The molecule has 0 amide bonds. The summed E-state index contributed by atoms with van der Waals surface area (Å²) in [6.07, 6.45) is 2.18. The van der Waals surface area contributed by atoms with Crippen molar-refractivity contribution in [1.82, 2.24) is 24.1 Å². The van der Waals surface area contributed by atoms with Crippen LogP contribution < -0.4 is 4.74 Å². The van der Waals surface area contributed by atoms with Crippen LogP contribution in [0.4, 0.5) is 13.2 Å². The average Bonchev–Trinajstić information content (AvgIpc) is 3.44. The first-order valence-corrected chi connectivity index (χ1v) is 11.1. The molecule has 0 saturated heterocycles. The second-order valence-electron chi connectivity index (χ2n) is 8.25. The van der Waals surface area contributed by atoms with Gasteiger partial charge in [0.25, 0.3) is 0 Å². The van der Waals surface area contributed by atoms with Gasteiger partial charge in [0.05, 0.1) is 30.4 Å². The van der Waals surface area contributed by atoms with Crippen LogP contribution in [0.1, 0.15) is 41.4 Å². The number of ether oxygens (including phenoxy) is 1. The predicted molar refractivity (Wildman–Crippen MR) is 121 cm³/mol. The average molecular weight is 488 g/mol. The number of fused-ring (bicyclic) bond motifs is 1. The number of hydrogen-bond acceptors (Lipinski definition) is 4. The summed E-state index contributed by atoms with van der Waals surface area (Å²) < 4.78 is 50.6. The molecule has 0 bridgehead atoms. The maximum absolute atomic E-state index is 13.8. The van der Waals surface area contributed by atoms with E-state index in [2.05, 4.69) is 9.97 Å². The number of nitrogens with zero attached hydrogens (tertiary/aromatic N) is 5. The van der Waals surface area contributed by atoms with E-state index in [4.69, 9.17) is 21.3 Å². The molecule has 1 unspecified atom stereocenters. The Morgan fingerprint density at radius 1 is 1.09 bits per heavy atom. The third kappa shape index (κ3) is 4.04. The van der Waals surface area contributed by atoms with E-state index in [1.165, 1.54) is 19.2 Å². The third-order valence-corrected chi connectivity index (χ3v) is 6.23. The fraction of sp³-hybridized carbons (Fsp3) is 0.292. The minimum absolute atomic E-state index is 0.0559. The first-order chi connectivity index (χ1) is 16.2. The number of halogens is 4. The van der Waals surface area contributed by atoms with Crippen LogP contribution in [0, 0.1) is 6.92 Å². The van der Waals surface area contributed by atoms with Gasteiger partial charge in [0, 0.05) is 29.9 Å². The zero-order valence-electron chi connectivity index (χ0n) is 18.5. The number of pyridine rings is 1. The minimum atomic E-state index is -4.51. The number of benzene rings is 1. The Labute approximate surface area is 199 Å². The highest BCUT2D eigenvalue weighted by Crippen LogP contribution is 2.42. The number of aryl methyl sites for hydroxylation is 2. The van der Waals surface area contributed by atoms with Gasteiger partial charge >= 0.3 is 6.18 Å². The lowest BCUT2D eigenvalue weighted by Gasteiger charge is -2.26. The number of imidazole rings is 2. The number of aromatic nitrogens is 5. The van der Waals surface area contributed by atoms with Gasteiger partial charge in [-0.05, 0) is 49.6 Å². The maximum atomic E-state index is 13.8. The molecule has 4 aromatic rings. The molecule has 3 aromatic heterocycles. The van der Waals surface area contributed by atoms with Crippen molar-refractivity contribution >= 4 is 11.6 Å². The van der Waals surface area contributed by atoms with Crippen LogP contribution in [0.2, 0.25) is 5.02 Å². The summed E-state index contributed by atoms with van der Waals surface area (Å²) in [7, 11) is 1.53. The summed E-state index contributed by atoms with van der Waals surface area (Å²) in [5, 5.41) is 0.0559. The molecule has 0 aliphatic carbocycles. The monoisotopic (exact) mass is 487 g/mol. The van der Waals surface area contributed by atoms with E-state index in [1.54, 1.807) is 6.33 Å². The van der Waals surface area contributed by atoms with Gasteiger partial charge in [-0.2, -0.15) is 13.2 Å². The van der Waals surface area contributed by atoms with Crippen molar-refractivity contribution in [3.05, 3.63) is 76.7 Å². The quantitative estimate of drug-likeness (QED) is 0.352. The fourth-order valence-corrected chi connectivity index (χ4v) is 4.63. The van der Waals surface area contributed by atoms with Gasteiger partial charge in [-0.1, -0.05) is 17.7 Å². The highest BCUT2D eigenvalue weighted by Gasteiger charge is 2.37. The fourth-order valence-electron chi connectivity index (χ4n) is 4.45. The van der Waals surface area contributed by atoms with E-state index in [-0.39, 0.29) is 10.6 Å². The van der Waals surface area contributed by atoms with Gasteiger partial charge in [-0.3, -0.25) is 0 Å². The molecule has 0 fully saturated rings. The predicted octanol–water partition coefficient (Wildman–Crippen LogP) is 6.05. The lowest BCUT2D eigenvalue weighted by Crippen LogP contribution is -2.20. The van der Waals surface area contributed by atoms with E-state index in [0.29, 0.717) is 36.1 Å². The van der Waals surface area contributed by atoms with E-state index in [0.717, 1.165) is 23.9 Å². The summed E-state index contributed by atoms with van der Waals surface area (Å²) in [5.41, 5.74) is 2.21. The molecule has 10 heteroatoms. The van der Waals surface area contributed by atoms with Crippen LogP contribution in [-0.4, -0.2) is 31.2 Å². The molecule has 0 N–H and O–H groups in total. The lowest BCUT2D eigenvalue weighted by atomic mass is 9.87. The molecule has 6 nitrogen and oxygen atoms in total. The Hall–Kier alpha value is -3.33. The van der Waals surface area contributed by atoms with E-state index >= 15 is 0 Å². The third-order valence-electron chi connectivity index (χ3n) is 5.99. The highest BCUT2D eigenvalue weighted by atomic mass is 35.5. The molecule has 176 valence electrons. The number of methoxy groups -OCH3 is 1. The molecule has 34 heavy (non-hydrogen) atoms. The molecule has 0 spiro atoms. The van der Waals surface area contributed by atoms with Crippen LogP contribution in [0.15, 0.2) is 49.1 Å². The van der Waals surface area contributed by atoms with Crippen molar-refractivity contribution in [3.63, 3.8) is 0 Å². The summed E-state index contributed by atoms with van der Waals surface area (Å²) in [6.45, 7) is 2.57. The van der Waals surface area contributed by atoms with E-state index in [1.807, 2.05) is 40.6 Å². The second kappa shape index (κ2) is 8.47. The topological polar surface area (TPSA) is 57.8 Å². The molecule has 5 rings (SSSR count). The highest BCUT2D eigenvalue weighted by molar-refractivity contribution is 6.30. The molecule has 4 heterocycles. The van der Waals surface area contributed by atoms with Crippen molar-refractivity contribution in [2.24, 2.45) is 0 Å². The van der Waals surface area contributed by atoms with Crippen molar-refractivity contribution in [3.8, 4) is 23.0 Å². The van der Waals surface area contributed by atoms with Crippen molar-refractivity contribution in [2.45, 2.75) is 38.4 Å². The van der Waals surface area contributed by atoms with Crippen LogP contribution >= 0.6 is 11.6 Å². The van der Waals surface area contributed by atoms with Crippen molar-refractivity contribution in [1.29, 1.82) is 0 Å². The number of rotatable bonds is 4. The largest absolute Gasteiger partial charge is 0.479 e. The van der Waals surface area contributed by atoms with Crippen molar-refractivity contribution in [2.75, 3.05) is 7.11 Å². The van der Waals surface area contributed by atoms with Gasteiger partial charge in [0.15, 0.2) is 0 Å². The molecular weight excluding hydrogens is 467 g/mol. The first kappa shape index (κ1) is 22.5. The van der Waals surface area contributed by atoms with Gasteiger partial charge in [-0.15, -0.1) is 0 Å². The molecule has 1 aliphatic heterocycles. The summed E-state index contributed by atoms with van der Waals surface area (Å²) in [6, 6.07) is 7.63. The van der Waals surface area contributed by atoms with Crippen LogP contribution in [0.3, 0.4) is 0 Å². The van der Waals surface area contributed by atoms with Gasteiger partial charge in [-0.25, -0.2) is 15.0 Å². The normalized spacial score (nSPS) is 15.9. The molecular formula is C24H21ClF3N5O. The van der Waals surface area contributed by atoms with Crippen LogP contribution in [0.25, 0.3) is 17.1 Å². The van der Waals surface area contributed by atoms with Crippen molar-refractivity contribution < 1.29 is 17.9 Å². The summed E-state index contributed by atoms with van der Waals surface area (Å²) in [5.74, 6) is 0.491. The number of hydrogen-bond donors (Lipinski definition) is 0. The summed E-state index contributed by atoms with van der Waals surface area (Å²) in [4.78, 5) is 13.6. The first-order valence-electron chi connectivity index (χ1n) is 10.7. The molecule has 1 atom stereocenters. The Morgan fingerprint density at radius 2 is 1.91 bits per heavy atom. The van der Waals surface area contributed by atoms with Crippen LogP contribution in [0.5, 0.6) is 5.88 Å². The lowest BCUT2D eigenvalue weighted by molar-refractivity contribution is -0.138. The summed E-state index contributed by atoms with van der Waals surface area (Å²) >= 11 is 5.89. The molecule has 0 saturated carbocycles. The Morgan fingerprint density at radius 3 is 2.62 bits per heavy atom. The molecule has 1 aromatic carbocycles. The standard InChI is InChI=1S/C24H21ClF3N5O/c1-14-11-33(13-29-14)21-8-7-19(31-23(21)34-2)20-12-32-9-3-4-17(22(32)30-20)16-6-5-15(25)10-18(16)24(26,27)28/h5-8,10-13,17H,3-4,9H2,1-2H3. The Kier molecular flexibility index (Phi) is 5.59. The van der Waals surface area contributed by atoms with Gasteiger partial charge in [0.1, 0.15) is 17.2 Å².